The van der Waals surface area contributed by atoms with Crippen molar-refractivity contribution < 1.29 is 5.11 Å². The second-order valence-corrected chi connectivity index (χ2v) is 12.0. The highest BCUT2D eigenvalue weighted by atomic mass is 32.7. The van der Waals surface area contributed by atoms with Gasteiger partial charge in [0.15, 0.2) is 23.2 Å². The van der Waals surface area contributed by atoms with E-state index in [4.69, 9.17) is 5.11 Å². The number of benzene rings is 4. The summed E-state index contributed by atoms with van der Waals surface area (Å²) in [7, 11) is 0. The van der Waals surface area contributed by atoms with Crippen LogP contribution >= 0.6 is 17.8 Å². The summed E-state index contributed by atoms with van der Waals surface area (Å²) in [6.07, 6.45) is 0. The Hall–Kier alpha value is -3.05. The van der Waals surface area contributed by atoms with E-state index in [-0.39, 0.29) is 0 Å². The zero-order chi connectivity index (χ0) is 21.2. The highest BCUT2D eigenvalue weighted by Crippen LogP contribution is 2.66. The summed E-state index contributed by atoms with van der Waals surface area (Å²) >= 11 is 1.40. The minimum absolute atomic E-state index is 0.329. The van der Waals surface area contributed by atoms with Crippen LogP contribution in [0.5, 0.6) is 5.75 Å². The lowest BCUT2D eigenvalue weighted by molar-refractivity contribution is 0.475. The number of hydrogen-bond acceptors (Lipinski definition) is 3. The molecule has 0 radical (unpaired) electrons. The molecule has 0 saturated carbocycles. The Morgan fingerprint density at radius 1 is 0.633 bits per heavy atom. The first-order chi connectivity index (χ1) is 14.7. The van der Waals surface area contributed by atoms with Gasteiger partial charge in [-0.05, 0) is 55.5 Å². The van der Waals surface area contributed by atoms with Crippen molar-refractivity contribution in [3.63, 3.8) is 0 Å². The van der Waals surface area contributed by atoms with Crippen molar-refractivity contribution in [2.45, 2.75) is 6.92 Å². The SMILES string of the molecule is Cc1ccc(O)cc1.N#CS[P+](c1ccccc1)(c1ccccc1)c1ccccc1. The van der Waals surface area contributed by atoms with Gasteiger partial charge in [-0.3, -0.25) is 0 Å². The number of rotatable bonds is 4. The van der Waals surface area contributed by atoms with Crippen molar-refractivity contribution >= 4 is 33.8 Å². The van der Waals surface area contributed by atoms with Crippen LogP contribution in [0.25, 0.3) is 0 Å². The molecular weight excluding hydrogens is 405 g/mol. The molecule has 0 atom stereocenters. The third-order valence-electron chi connectivity index (χ3n) is 4.57. The Kier molecular flexibility index (Phi) is 7.69. The Morgan fingerprint density at radius 2 is 1.00 bits per heavy atom. The molecule has 4 aromatic rings. The van der Waals surface area contributed by atoms with Gasteiger partial charge in [0.05, 0.1) is 0 Å². The van der Waals surface area contributed by atoms with E-state index >= 15 is 0 Å². The summed E-state index contributed by atoms with van der Waals surface area (Å²) in [5, 5.41) is 24.3. The van der Waals surface area contributed by atoms with Crippen LogP contribution in [0.3, 0.4) is 0 Å². The van der Waals surface area contributed by atoms with Crippen molar-refractivity contribution in [1.82, 2.24) is 0 Å². The Bertz CT molecular complexity index is 961. The van der Waals surface area contributed by atoms with E-state index in [1.54, 1.807) is 12.1 Å². The maximum absolute atomic E-state index is 9.53. The number of phenols is 1. The number of nitriles is 1. The first-order valence-electron chi connectivity index (χ1n) is 9.56. The van der Waals surface area contributed by atoms with Gasteiger partial charge in [0.25, 0.3) is 0 Å². The summed E-state index contributed by atoms with van der Waals surface area (Å²) < 4.78 is 0. The van der Waals surface area contributed by atoms with E-state index in [1.165, 1.54) is 32.9 Å². The van der Waals surface area contributed by atoms with Crippen LogP contribution in [-0.2, 0) is 0 Å². The van der Waals surface area contributed by atoms with Crippen LogP contribution in [0.1, 0.15) is 5.56 Å². The average molecular weight is 429 g/mol. The van der Waals surface area contributed by atoms with Crippen LogP contribution < -0.4 is 15.9 Å². The van der Waals surface area contributed by atoms with Gasteiger partial charge in [-0.15, -0.1) is 0 Å². The van der Waals surface area contributed by atoms with Gasteiger partial charge in [0, 0.05) is 0 Å². The smallest absolute Gasteiger partial charge is 0.187 e. The highest BCUT2D eigenvalue weighted by Gasteiger charge is 2.47. The van der Waals surface area contributed by atoms with Gasteiger partial charge in [-0.1, -0.05) is 72.3 Å². The van der Waals surface area contributed by atoms with Crippen LogP contribution in [0, 0.1) is 17.6 Å². The largest absolute Gasteiger partial charge is 0.508 e. The molecule has 4 heteroatoms. The molecule has 0 saturated heterocycles. The standard InChI is InChI=1S/C19H15NPS.C7H8O/c20-16-22-21(17-10-4-1-5-11-17,18-12-6-2-7-13-18)19-14-8-3-9-15-19;1-6-2-4-7(8)5-3-6/h1-15H;2-5,8H,1H3/q+1;. The zero-order valence-corrected chi connectivity index (χ0v) is 18.4. The van der Waals surface area contributed by atoms with Gasteiger partial charge < -0.3 is 5.11 Å². The van der Waals surface area contributed by atoms with Gasteiger partial charge >= 0.3 is 0 Å². The monoisotopic (exact) mass is 428 g/mol. The quantitative estimate of drug-likeness (QED) is 0.329. The van der Waals surface area contributed by atoms with Crippen LogP contribution in [0.2, 0.25) is 0 Å². The second-order valence-electron chi connectivity index (χ2n) is 6.63. The summed E-state index contributed by atoms with van der Waals surface area (Å²) in [4.78, 5) is 0. The average Bonchev–Trinajstić information content (AvgIpc) is 2.82. The van der Waals surface area contributed by atoms with E-state index in [0.717, 1.165) is 0 Å². The fourth-order valence-electron chi connectivity index (χ4n) is 3.13. The third-order valence-corrected chi connectivity index (χ3v) is 11.0. The predicted octanol–water partition coefficient (Wildman–Crippen LogP) is 5.81. The van der Waals surface area contributed by atoms with Crippen molar-refractivity contribution in [1.29, 1.82) is 5.26 Å². The lowest BCUT2D eigenvalue weighted by Gasteiger charge is -2.22. The molecule has 0 bridgehead atoms. The first-order valence-corrected chi connectivity index (χ1v) is 12.8. The number of thiocyanates is 1. The minimum Gasteiger partial charge on any atom is -0.508 e. The second kappa shape index (κ2) is 10.6. The zero-order valence-electron chi connectivity index (χ0n) is 16.7. The van der Waals surface area contributed by atoms with E-state index < -0.39 is 6.46 Å². The lowest BCUT2D eigenvalue weighted by Crippen LogP contribution is -2.28. The number of aryl methyl sites for hydroxylation is 1. The topological polar surface area (TPSA) is 44.0 Å². The van der Waals surface area contributed by atoms with Crippen molar-refractivity contribution in [3.05, 3.63) is 121 Å². The summed E-state index contributed by atoms with van der Waals surface area (Å²) in [5.41, 5.74) is 1.17. The Labute approximate surface area is 182 Å². The summed E-state index contributed by atoms with van der Waals surface area (Å²) in [6.45, 7) is -0.0121. The number of phenolic OH excluding ortho intramolecular Hbond substituents is 1. The number of nitrogens with zero attached hydrogens (tertiary/aromatic N) is 1. The molecule has 0 amide bonds. The van der Waals surface area contributed by atoms with Gasteiger partial charge in [-0.25, -0.2) is 0 Å². The predicted molar refractivity (Wildman–Crippen MR) is 131 cm³/mol. The van der Waals surface area contributed by atoms with E-state index in [1.807, 2.05) is 73.7 Å². The fourth-order valence-corrected chi connectivity index (χ4v) is 8.65. The molecule has 0 fully saturated rings. The van der Waals surface area contributed by atoms with E-state index in [9.17, 15) is 5.26 Å². The minimum atomic E-state index is -2.00. The lowest BCUT2D eigenvalue weighted by atomic mass is 10.2. The van der Waals surface area contributed by atoms with Crippen molar-refractivity contribution in [3.8, 4) is 11.2 Å². The van der Waals surface area contributed by atoms with Crippen LogP contribution in [-0.4, -0.2) is 5.11 Å². The molecule has 0 heterocycles. The maximum Gasteiger partial charge on any atom is 0.187 e. The van der Waals surface area contributed by atoms with Crippen molar-refractivity contribution in [2.24, 2.45) is 0 Å². The fraction of sp³-hybridized carbons (Fsp3) is 0.0385. The van der Waals surface area contributed by atoms with E-state index in [0.29, 0.717) is 5.75 Å². The molecule has 0 unspecified atom stereocenters. The highest BCUT2D eigenvalue weighted by molar-refractivity contribution is 8.71. The first kappa shape index (κ1) is 21.7. The van der Waals surface area contributed by atoms with Gasteiger partial charge in [0.2, 0.25) is 0 Å². The Morgan fingerprint density at radius 3 is 1.30 bits per heavy atom. The van der Waals surface area contributed by atoms with Crippen molar-refractivity contribution in [2.75, 3.05) is 0 Å². The molecule has 0 aliphatic rings. The molecule has 30 heavy (non-hydrogen) atoms. The molecule has 4 aromatic carbocycles. The van der Waals surface area contributed by atoms with Crippen LogP contribution in [0.15, 0.2) is 115 Å². The maximum atomic E-state index is 9.53. The molecule has 0 aromatic heterocycles. The molecule has 148 valence electrons. The molecule has 1 N–H and O–H groups in total. The summed E-state index contributed by atoms with van der Waals surface area (Å²) in [5.74, 6) is 0.329. The molecular formula is C26H23NOPS+. The Balaban J connectivity index is 0.000000269. The van der Waals surface area contributed by atoms with Gasteiger partial charge in [0.1, 0.15) is 21.7 Å². The van der Waals surface area contributed by atoms with Crippen LogP contribution in [0.4, 0.5) is 0 Å². The molecule has 0 aliphatic carbocycles. The summed E-state index contributed by atoms with van der Waals surface area (Å²) in [6, 6.07) is 38.3. The molecule has 0 spiro atoms. The molecule has 2 nitrogen and oxygen atoms in total. The van der Waals surface area contributed by atoms with Gasteiger partial charge in [-0.2, -0.15) is 5.26 Å². The number of aromatic hydroxyl groups is 1. The third kappa shape index (κ3) is 5.10. The molecule has 4 rings (SSSR count). The van der Waals surface area contributed by atoms with E-state index in [2.05, 4.69) is 41.8 Å². The number of hydrogen-bond donors (Lipinski definition) is 1. The molecule has 0 aliphatic heterocycles. The normalized spacial score (nSPS) is 10.4.